The maximum absolute atomic E-state index is 11.7. The number of Topliss-reactive ketones (excluding diaryl/α,β-unsaturated/α-hetero) is 1. The standard InChI is InChI=1S/C12H16O6/c1-2-3-4-5-7(13)10-11(16)8(6-9(14)15)18-12(10)17/h8,16H,2-6H2,1H3,(H,14,15). The smallest absolute Gasteiger partial charge is 0.346 e. The summed E-state index contributed by atoms with van der Waals surface area (Å²) in [7, 11) is 0. The number of aliphatic hydroxyl groups is 1. The molecular weight excluding hydrogens is 240 g/mol. The molecule has 1 rings (SSSR count). The highest BCUT2D eigenvalue weighted by Crippen LogP contribution is 2.25. The first kappa shape index (κ1) is 14.2. The minimum atomic E-state index is -1.24. The maximum Gasteiger partial charge on any atom is 0.346 e. The first-order chi connectivity index (χ1) is 8.47. The first-order valence-electron chi connectivity index (χ1n) is 5.86. The van der Waals surface area contributed by atoms with Gasteiger partial charge in [0.1, 0.15) is 5.57 Å². The van der Waals surface area contributed by atoms with Crippen LogP contribution in [0.15, 0.2) is 11.3 Å². The van der Waals surface area contributed by atoms with Crippen LogP contribution in [0.3, 0.4) is 0 Å². The molecule has 0 aromatic carbocycles. The average molecular weight is 256 g/mol. The molecular formula is C12H16O6. The Morgan fingerprint density at radius 1 is 1.33 bits per heavy atom. The Hall–Kier alpha value is -1.85. The molecule has 1 heterocycles. The second kappa shape index (κ2) is 6.18. The summed E-state index contributed by atoms with van der Waals surface area (Å²) in [6.07, 6.45) is 0.798. The Morgan fingerprint density at radius 2 is 2.00 bits per heavy atom. The average Bonchev–Trinajstić information content (AvgIpc) is 2.53. The molecule has 6 nitrogen and oxygen atoms in total. The molecule has 0 aliphatic carbocycles. The number of cyclic esters (lactones) is 1. The number of esters is 1. The lowest BCUT2D eigenvalue weighted by atomic mass is 10.0. The van der Waals surface area contributed by atoms with Crippen LogP contribution in [0.4, 0.5) is 0 Å². The highest BCUT2D eigenvalue weighted by Gasteiger charge is 2.38. The molecule has 0 amide bonds. The minimum Gasteiger partial charge on any atom is -0.507 e. The van der Waals surface area contributed by atoms with Crippen LogP contribution in [0.25, 0.3) is 0 Å². The molecule has 0 saturated carbocycles. The van der Waals surface area contributed by atoms with E-state index < -0.39 is 41.6 Å². The van der Waals surface area contributed by atoms with E-state index >= 15 is 0 Å². The van der Waals surface area contributed by atoms with Crippen LogP contribution in [0, 0.1) is 0 Å². The summed E-state index contributed by atoms with van der Waals surface area (Å²) < 4.78 is 4.66. The molecule has 0 saturated heterocycles. The third-order valence-electron chi connectivity index (χ3n) is 2.66. The molecule has 18 heavy (non-hydrogen) atoms. The minimum absolute atomic E-state index is 0.155. The lowest BCUT2D eigenvalue weighted by Crippen LogP contribution is -2.16. The molecule has 0 aromatic rings. The van der Waals surface area contributed by atoms with E-state index in [1.807, 2.05) is 6.92 Å². The van der Waals surface area contributed by atoms with Gasteiger partial charge in [0.2, 0.25) is 0 Å². The van der Waals surface area contributed by atoms with Crippen LogP contribution in [-0.2, 0) is 19.1 Å². The molecule has 0 radical (unpaired) electrons. The molecule has 0 aromatic heterocycles. The number of hydrogen-bond acceptors (Lipinski definition) is 5. The second-order valence-corrected chi connectivity index (χ2v) is 4.13. The summed E-state index contributed by atoms with van der Waals surface area (Å²) in [5.74, 6) is -3.18. The zero-order chi connectivity index (χ0) is 13.7. The fourth-order valence-electron chi connectivity index (χ4n) is 1.72. The zero-order valence-electron chi connectivity index (χ0n) is 10.1. The van der Waals surface area contributed by atoms with Crippen molar-refractivity contribution in [1.29, 1.82) is 0 Å². The van der Waals surface area contributed by atoms with Gasteiger partial charge in [0.05, 0.1) is 6.42 Å². The van der Waals surface area contributed by atoms with Crippen molar-refractivity contribution in [3.63, 3.8) is 0 Å². The van der Waals surface area contributed by atoms with E-state index in [1.165, 1.54) is 0 Å². The largest absolute Gasteiger partial charge is 0.507 e. The van der Waals surface area contributed by atoms with E-state index in [0.717, 1.165) is 12.8 Å². The first-order valence-corrected chi connectivity index (χ1v) is 5.86. The number of ketones is 1. The van der Waals surface area contributed by atoms with Gasteiger partial charge in [-0.15, -0.1) is 0 Å². The van der Waals surface area contributed by atoms with E-state index in [2.05, 4.69) is 4.74 Å². The molecule has 1 unspecified atom stereocenters. The lowest BCUT2D eigenvalue weighted by molar-refractivity contribution is -0.145. The topological polar surface area (TPSA) is 101 Å². The quantitative estimate of drug-likeness (QED) is 0.405. The Morgan fingerprint density at radius 3 is 2.56 bits per heavy atom. The van der Waals surface area contributed by atoms with Crippen molar-refractivity contribution in [3.8, 4) is 0 Å². The van der Waals surface area contributed by atoms with Crippen molar-refractivity contribution in [2.75, 3.05) is 0 Å². The van der Waals surface area contributed by atoms with Crippen molar-refractivity contribution in [2.45, 2.75) is 45.1 Å². The predicted molar refractivity (Wildman–Crippen MR) is 60.9 cm³/mol. The second-order valence-electron chi connectivity index (χ2n) is 4.13. The molecule has 1 atom stereocenters. The molecule has 100 valence electrons. The maximum atomic E-state index is 11.7. The molecule has 2 N–H and O–H groups in total. The predicted octanol–water partition coefficient (Wildman–Crippen LogP) is 1.35. The Kier molecular flexibility index (Phi) is 4.88. The number of ether oxygens (including phenoxy) is 1. The van der Waals surface area contributed by atoms with Crippen LogP contribution >= 0.6 is 0 Å². The van der Waals surface area contributed by atoms with Gasteiger partial charge in [0, 0.05) is 6.42 Å². The van der Waals surface area contributed by atoms with Gasteiger partial charge in [-0.1, -0.05) is 19.8 Å². The number of aliphatic hydroxyl groups excluding tert-OH is 1. The van der Waals surface area contributed by atoms with Crippen molar-refractivity contribution < 1.29 is 29.3 Å². The van der Waals surface area contributed by atoms with Gasteiger partial charge in [-0.3, -0.25) is 9.59 Å². The van der Waals surface area contributed by atoms with Gasteiger partial charge in [-0.05, 0) is 6.42 Å². The van der Waals surface area contributed by atoms with Crippen LogP contribution in [0.5, 0.6) is 0 Å². The lowest BCUT2D eigenvalue weighted by Gasteiger charge is -2.05. The van der Waals surface area contributed by atoms with Crippen LogP contribution in [-0.4, -0.2) is 34.0 Å². The van der Waals surface area contributed by atoms with E-state index in [-0.39, 0.29) is 6.42 Å². The molecule has 6 heteroatoms. The number of aliphatic carboxylic acids is 1. The number of carbonyl (C=O) groups excluding carboxylic acids is 2. The van der Waals surface area contributed by atoms with Gasteiger partial charge in [-0.2, -0.15) is 0 Å². The summed E-state index contributed by atoms with van der Waals surface area (Å²) in [5.41, 5.74) is -0.391. The van der Waals surface area contributed by atoms with E-state index in [1.54, 1.807) is 0 Å². The number of rotatable bonds is 7. The van der Waals surface area contributed by atoms with Gasteiger partial charge >= 0.3 is 11.9 Å². The van der Waals surface area contributed by atoms with Gasteiger partial charge in [0.15, 0.2) is 17.6 Å². The van der Waals surface area contributed by atoms with Gasteiger partial charge in [-0.25, -0.2) is 4.79 Å². The van der Waals surface area contributed by atoms with E-state index in [9.17, 15) is 19.5 Å². The van der Waals surface area contributed by atoms with Gasteiger partial charge in [0.25, 0.3) is 0 Å². The number of carboxylic acids is 1. The number of hydrogen-bond donors (Lipinski definition) is 2. The third-order valence-corrected chi connectivity index (χ3v) is 2.66. The summed E-state index contributed by atoms with van der Waals surface area (Å²) >= 11 is 0. The van der Waals surface area contributed by atoms with Crippen molar-refractivity contribution in [2.24, 2.45) is 0 Å². The van der Waals surface area contributed by atoms with Crippen LogP contribution in [0.2, 0.25) is 0 Å². The fourth-order valence-corrected chi connectivity index (χ4v) is 1.72. The number of unbranched alkanes of at least 4 members (excludes halogenated alkanes) is 2. The Balaban J connectivity index is 2.72. The van der Waals surface area contributed by atoms with Crippen molar-refractivity contribution in [3.05, 3.63) is 11.3 Å². The molecule has 0 fully saturated rings. The number of carboxylic acid groups (broad SMARTS) is 1. The Bertz CT molecular complexity index is 395. The molecule has 0 bridgehead atoms. The zero-order valence-corrected chi connectivity index (χ0v) is 10.1. The van der Waals surface area contributed by atoms with Gasteiger partial charge < -0.3 is 14.9 Å². The summed E-state index contributed by atoms with van der Waals surface area (Å²) in [4.78, 5) is 33.6. The summed E-state index contributed by atoms with van der Waals surface area (Å²) in [6.45, 7) is 1.98. The monoisotopic (exact) mass is 256 g/mol. The summed E-state index contributed by atoms with van der Waals surface area (Å²) in [6, 6.07) is 0. The third kappa shape index (κ3) is 3.32. The van der Waals surface area contributed by atoms with Crippen LogP contribution in [0.1, 0.15) is 39.0 Å². The molecule has 1 aliphatic heterocycles. The Labute approximate surface area is 104 Å². The van der Waals surface area contributed by atoms with Crippen molar-refractivity contribution in [1.82, 2.24) is 0 Å². The van der Waals surface area contributed by atoms with Crippen molar-refractivity contribution >= 4 is 17.7 Å². The van der Waals surface area contributed by atoms with E-state index in [4.69, 9.17) is 5.11 Å². The van der Waals surface area contributed by atoms with E-state index in [0.29, 0.717) is 6.42 Å². The number of carbonyl (C=O) groups is 3. The highest BCUT2D eigenvalue weighted by molar-refractivity contribution is 6.19. The molecule has 0 spiro atoms. The van der Waals surface area contributed by atoms with Crippen LogP contribution < -0.4 is 0 Å². The highest BCUT2D eigenvalue weighted by atomic mass is 16.6. The SMILES string of the molecule is CCCCCC(=O)C1=C(O)C(CC(=O)O)OC1=O. The molecule has 1 aliphatic rings. The normalized spacial score (nSPS) is 18.9. The fraction of sp³-hybridized carbons (Fsp3) is 0.583. The summed E-state index contributed by atoms with van der Waals surface area (Å²) in [5, 5.41) is 18.2.